The summed E-state index contributed by atoms with van der Waals surface area (Å²) in [5, 5.41) is 4.48. The summed E-state index contributed by atoms with van der Waals surface area (Å²) in [5.41, 5.74) is 1.42. The van der Waals surface area contributed by atoms with Crippen molar-refractivity contribution in [3.8, 4) is 0 Å². The van der Waals surface area contributed by atoms with Gasteiger partial charge in [-0.25, -0.2) is 0 Å². The molecule has 0 radical (unpaired) electrons. The lowest BCUT2D eigenvalue weighted by molar-refractivity contribution is 0.166. The number of hydrogen-bond acceptors (Lipinski definition) is 2. The third-order valence-electron chi connectivity index (χ3n) is 4.65. The first-order chi connectivity index (χ1) is 9.78. The van der Waals surface area contributed by atoms with E-state index in [-0.39, 0.29) is 0 Å². The van der Waals surface area contributed by atoms with Crippen LogP contribution in [0.1, 0.15) is 50.6 Å². The zero-order valence-corrected chi connectivity index (χ0v) is 13.1. The summed E-state index contributed by atoms with van der Waals surface area (Å²) in [4.78, 5) is 2.74. The normalized spacial score (nSPS) is 24.2. The standard InChI is InChI=1S/C17H25ClN2/c1-2-17(13-5-7-14(18)8-6-13)20(16-9-10-16)12-15-4-3-11-19-15/h5-8,15-17,19H,2-4,9-12H2,1H3. The van der Waals surface area contributed by atoms with Crippen LogP contribution in [0.4, 0.5) is 0 Å². The minimum absolute atomic E-state index is 0.544. The van der Waals surface area contributed by atoms with Crippen LogP contribution >= 0.6 is 11.6 Å². The molecular weight excluding hydrogens is 268 g/mol. The van der Waals surface area contributed by atoms with Gasteiger partial charge in [-0.3, -0.25) is 4.90 Å². The van der Waals surface area contributed by atoms with Gasteiger partial charge in [0.05, 0.1) is 0 Å². The molecule has 110 valence electrons. The van der Waals surface area contributed by atoms with Gasteiger partial charge >= 0.3 is 0 Å². The highest BCUT2D eigenvalue weighted by molar-refractivity contribution is 6.30. The molecule has 0 spiro atoms. The van der Waals surface area contributed by atoms with Crippen LogP contribution in [0.5, 0.6) is 0 Å². The Morgan fingerprint density at radius 1 is 1.25 bits per heavy atom. The highest BCUT2D eigenvalue weighted by Gasteiger charge is 2.35. The lowest BCUT2D eigenvalue weighted by Gasteiger charge is -2.33. The molecule has 1 aliphatic carbocycles. The Labute approximate surface area is 127 Å². The van der Waals surface area contributed by atoms with Crippen molar-refractivity contribution in [1.29, 1.82) is 0 Å². The van der Waals surface area contributed by atoms with Crippen LogP contribution in [0.2, 0.25) is 5.02 Å². The maximum atomic E-state index is 6.03. The molecule has 1 saturated carbocycles. The summed E-state index contributed by atoms with van der Waals surface area (Å²) in [6.07, 6.45) is 6.58. The molecule has 2 nitrogen and oxygen atoms in total. The van der Waals surface area contributed by atoms with E-state index in [2.05, 4.69) is 29.3 Å². The predicted octanol–water partition coefficient (Wildman–Crippen LogP) is 4.01. The molecule has 0 amide bonds. The Morgan fingerprint density at radius 3 is 2.55 bits per heavy atom. The Balaban J connectivity index is 1.74. The van der Waals surface area contributed by atoms with Crippen LogP contribution in [0.15, 0.2) is 24.3 Å². The second kappa shape index (κ2) is 6.46. The molecule has 1 saturated heterocycles. The predicted molar refractivity (Wildman–Crippen MR) is 85.2 cm³/mol. The number of benzene rings is 1. The summed E-state index contributed by atoms with van der Waals surface area (Å²) < 4.78 is 0. The largest absolute Gasteiger partial charge is 0.313 e. The molecule has 2 atom stereocenters. The highest BCUT2D eigenvalue weighted by Crippen LogP contribution is 2.36. The molecule has 2 unspecified atom stereocenters. The molecule has 1 aromatic carbocycles. The van der Waals surface area contributed by atoms with Gasteiger partial charge in [0.25, 0.3) is 0 Å². The van der Waals surface area contributed by atoms with Crippen LogP contribution < -0.4 is 5.32 Å². The average molecular weight is 293 g/mol. The first-order valence-corrected chi connectivity index (χ1v) is 8.40. The van der Waals surface area contributed by atoms with E-state index < -0.39 is 0 Å². The van der Waals surface area contributed by atoms with Gasteiger partial charge in [0.1, 0.15) is 0 Å². The van der Waals surface area contributed by atoms with E-state index in [0.29, 0.717) is 12.1 Å². The van der Waals surface area contributed by atoms with Crippen molar-refractivity contribution in [1.82, 2.24) is 10.2 Å². The summed E-state index contributed by atoms with van der Waals surface area (Å²) in [6.45, 7) is 4.70. The van der Waals surface area contributed by atoms with Crippen molar-refractivity contribution >= 4 is 11.6 Å². The Hall–Kier alpha value is -0.570. The number of nitrogens with zero attached hydrogens (tertiary/aromatic N) is 1. The van der Waals surface area contributed by atoms with Gasteiger partial charge in [0.15, 0.2) is 0 Å². The van der Waals surface area contributed by atoms with Crippen LogP contribution in [-0.4, -0.2) is 30.1 Å². The molecule has 2 fully saturated rings. The van der Waals surface area contributed by atoms with E-state index in [0.717, 1.165) is 11.1 Å². The minimum atomic E-state index is 0.544. The number of halogens is 1. The van der Waals surface area contributed by atoms with E-state index in [1.165, 1.54) is 50.8 Å². The molecule has 1 N–H and O–H groups in total. The first kappa shape index (κ1) is 14.4. The maximum absolute atomic E-state index is 6.03. The van der Waals surface area contributed by atoms with Gasteiger partial charge in [0, 0.05) is 29.7 Å². The summed E-state index contributed by atoms with van der Waals surface area (Å²) >= 11 is 6.03. The number of nitrogens with one attached hydrogen (secondary N) is 1. The van der Waals surface area contributed by atoms with Crippen molar-refractivity contribution < 1.29 is 0 Å². The fourth-order valence-electron chi connectivity index (χ4n) is 3.45. The van der Waals surface area contributed by atoms with Crippen molar-refractivity contribution in [2.75, 3.05) is 13.1 Å². The van der Waals surface area contributed by atoms with Gasteiger partial charge < -0.3 is 5.32 Å². The second-order valence-corrected chi connectivity index (χ2v) is 6.63. The van der Waals surface area contributed by atoms with E-state index in [1.54, 1.807) is 0 Å². The van der Waals surface area contributed by atoms with Gasteiger partial charge in [0.2, 0.25) is 0 Å². The molecule has 1 heterocycles. The number of rotatable bonds is 6. The van der Waals surface area contributed by atoms with Gasteiger partial charge in [-0.1, -0.05) is 30.7 Å². The maximum Gasteiger partial charge on any atom is 0.0406 e. The van der Waals surface area contributed by atoms with Crippen LogP contribution in [-0.2, 0) is 0 Å². The van der Waals surface area contributed by atoms with Crippen LogP contribution in [0.25, 0.3) is 0 Å². The molecule has 0 aromatic heterocycles. The average Bonchev–Trinajstić information content (AvgIpc) is 3.18. The van der Waals surface area contributed by atoms with Crippen LogP contribution in [0.3, 0.4) is 0 Å². The fourth-order valence-corrected chi connectivity index (χ4v) is 3.58. The molecule has 3 rings (SSSR count). The Kier molecular flexibility index (Phi) is 4.65. The van der Waals surface area contributed by atoms with Crippen molar-refractivity contribution in [2.45, 2.75) is 57.2 Å². The summed E-state index contributed by atoms with van der Waals surface area (Å²) in [7, 11) is 0. The van der Waals surface area contributed by atoms with Crippen molar-refractivity contribution in [2.24, 2.45) is 0 Å². The van der Waals surface area contributed by atoms with E-state index in [9.17, 15) is 0 Å². The quantitative estimate of drug-likeness (QED) is 0.852. The molecule has 2 aliphatic rings. The first-order valence-electron chi connectivity index (χ1n) is 8.02. The topological polar surface area (TPSA) is 15.3 Å². The third kappa shape index (κ3) is 3.36. The van der Waals surface area contributed by atoms with Gasteiger partial charge in [-0.05, 0) is 56.3 Å². The SMILES string of the molecule is CCC(c1ccc(Cl)cc1)N(CC1CCCN1)C1CC1. The van der Waals surface area contributed by atoms with E-state index >= 15 is 0 Å². The fraction of sp³-hybridized carbons (Fsp3) is 0.647. The smallest absolute Gasteiger partial charge is 0.0406 e. The van der Waals surface area contributed by atoms with Gasteiger partial charge in [-0.2, -0.15) is 0 Å². The molecule has 3 heteroatoms. The van der Waals surface area contributed by atoms with Crippen molar-refractivity contribution in [3.05, 3.63) is 34.9 Å². The minimum Gasteiger partial charge on any atom is -0.313 e. The van der Waals surface area contributed by atoms with Crippen molar-refractivity contribution in [3.63, 3.8) is 0 Å². The van der Waals surface area contributed by atoms with E-state index in [4.69, 9.17) is 11.6 Å². The third-order valence-corrected chi connectivity index (χ3v) is 4.90. The lowest BCUT2D eigenvalue weighted by Crippen LogP contribution is -2.40. The lowest BCUT2D eigenvalue weighted by atomic mass is 10.0. The van der Waals surface area contributed by atoms with Crippen LogP contribution in [0, 0.1) is 0 Å². The monoisotopic (exact) mass is 292 g/mol. The molecular formula is C17H25ClN2. The van der Waals surface area contributed by atoms with Gasteiger partial charge in [-0.15, -0.1) is 0 Å². The highest BCUT2D eigenvalue weighted by atomic mass is 35.5. The van der Waals surface area contributed by atoms with E-state index in [1.807, 2.05) is 12.1 Å². The molecule has 20 heavy (non-hydrogen) atoms. The summed E-state index contributed by atoms with van der Waals surface area (Å²) in [6, 6.07) is 10.5. The second-order valence-electron chi connectivity index (χ2n) is 6.20. The number of hydrogen-bond donors (Lipinski definition) is 1. The zero-order chi connectivity index (χ0) is 13.9. The molecule has 1 aromatic rings. The Bertz CT molecular complexity index is 421. The summed E-state index contributed by atoms with van der Waals surface area (Å²) in [5.74, 6) is 0. The Morgan fingerprint density at radius 2 is 2.00 bits per heavy atom. The molecule has 0 bridgehead atoms. The molecule has 1 aliphatic heterocycles. The zero-order valence-electron chi connectivity index (χ0n) is 12.3.